The van der Waals surface area contributed by atoms with E-state index in [1.54, 1.807) is 36.4 Å². The molecule has 0 saturated heterocycles. The first-order chi connectivity index (χ1) is 14.2. The predicted molar refractivity (Wildman–Crippen MR) is 129 cm³/mol. The van der Waals surface area contributed by atoms with E-state index < -0.39 is 5.91 Å². The molecule has 0 radical (unpaired) electrons. The minimum absolute atomic E-state index is 0.0264. The molecular weight excluding hydrogens is 515 g/mol. The zero-order valence-corrected chi connectivity index (χ0v) is 19.8. The molecule has 0 unspecified atom stereocenters. The Morgan fingerprint density at radius 1 is 0.967 bits per heavy atom. The normalized spacial score (nSPS) is 10.3. The maximum atomic E-state index is 12.2. The summed E-state index contributed by atoms with van der Waals surface area (Å²) >= 11 is 7.21. The van der Waals surface area contributed by atoms with Gasteiger partial charge in [0.2, 0.25) is 5.91 Å². The van der Waals surface area contributed by atoms with Crippen molar-refractivity contribution < 1.29 is 14.4 Å². The number of carbonyl (C=O) groups excluding carboxylic acids is 3. The number of halogens is 1. The summed E-state index contributed by atoms with van der Waals surface area (Å²) in [7, 11) is 0. The molecule has 7 nitrogen and oxygen atoms in total. The molecule has 0 aromatic heterocycles. The number of hydrogen-bond donors (Lipinski definition) is 4. The molecule has 2 rings (SSSR count). The van der Waals surface area contributed by atoms with Crippen LogP contribution in [0.4, 0.5) is 5.69 Å². The van der Waals surface area contributed by atoms with E-state index in [0.29, 0.717) is 23.2 Å². The number of aryl methyl sites for hydroxylation is 1. The Hall–Kier alpha value is -2.53. The first kappa shape index (κ1) is 23.7. The highest BCUT2D eigenvalue weighted by atomic mass is 127. The van der Waals surface area contributed by atoms with Crippen LogP contribution < -0.4 is 21.5 Å². The van der Waals surface area contributed by atoms with Gasteiger partial charge in [0.1, 0.15) is 0 Å². The number of anilines is 1. The van der Waals surface area contributed by atoms with Gasteiger partial charge in [-0.1, -0.05) is 19.9 Å². The molecule has 0 saturated carbocycles. The molecule has 0 aliphatic rings. The van der Waals surface area contributed by atoms with Crippen molar-refractivity contribution in [2.75, 3.05) is 5.32 Å². The van der Waals surface area contributed by atoms with Gasteiger partial charge in [-0.3, -0.25) is 30.6 Å². The van der Waals surface area contributed by atoms with Crippen molar-refractivity contribution in [1.29, 1.82) is 0 Å². The number of benzene rings is 2. The van der Waals surface area contributed by atoms with Crippen LogP contribution in [0.5, 0.6) is 0 Å². The molecule has 4 N–H and O–H groups in total. The summed E-state index contributed by atoms with van der Waals surface area (Å²) in [6, 6.07) is 11.8. The van der Waals surface area contributed by atoms with Crippen LogP contribution in [-0.2, 0) is 4.79 Å². The van der Waals surface area contributed by atoms with Crippen LogP contribution in [0.3, 0.4) is 0 Å². The zero-order valence-electron chi connectivity index (χ0n) is 16.8. The number of amides is 3. The fourth-order valence-electron chi connectivity index (χ4n) is 2.41. The third kappa shape index (κ3) is 7.38. The highest BCUT2D eigenvalue weighted by molar-refractivity contribution is 14.1. The van der Waals surface area contributed by atoms with Crippen LogP contribution in [0.2, 0.25) is 0 Å². The maximum absolute atomic E-state index is 12.2. The Morgan fingerprint density at radius 3 is 2.20 bits per heavy atom. The van der Waals surface area contributed by atoms with Crippen LogP contribution in [-0.4, -0.2) is 22.8 Å². The first-order valence-corrected chi connectivity index (χ1v) is 10.7. The van der Waals surface area contributed by atoms with Gasteiger partial charge in [-0.25, -0.2) is 0 Å². The molecular formula is C21H23IN4O3S. The van der Waals surface area contributed by atoms with Crippen molar-refractivity contribution in [2.45, 2.75) is 27.2 Å². The average Bonchev–Trinajstić information content (AvgIpc) is 2.68. The predicted octanol–water partition coefficient (Wildman–Crippen LogP) is 3.53. The third-order valence-corrected chi connectivity index (χ3v) is 5.34. The number of thiocarbonyl (C=S) groups is 1. The fraction of sp³-hybridized carbons (Fsp3) is 0.238. The Kier molecular flexibility index (Phi) is 8.72. The number of rotatable bonds is 5. The third-order valence-electron chi connectivity index (χ3n) is 3.98. The van der Waals surface area contributed by atoms with Crippen molar-refractivity contribution >= 4 is 63.3 Å². The summed E-state index contributed by atoms with van der Waals surface area (Å²) in [4.78, 5) is 36.3. The van der Waals surface area contributed by atoms with Crippen LogP contribution in [0.1, 0.15) is 46.5 Å². The largest absolute Gasteiger partial charge is 0.326 e. The number of hydrogen-bond acceptors (Lipinski definition) is 4. The van der Waals surface area contributed by atoms with Crippen LogP contribution in [0.15, 0.2) is 42.5 Å². The van der Waals surface area contributed by atoms with Gasteiger partial charge in [-0.2, -0.15) is 0 Å². The zero-order chi connectivity index (χ0) is 22.3. The standard InChI is InChI=1S/C21H23IN4O3S/c1-12(2)10-18(27)23-16-8-6-14(7-9-16)20(29)25-26-21(30)24-19(28)15-5-4-13(3)17(22)11-15/h4-9,11-12H,10H2,1-3H3,(H,23,27)(H,25,29)(H2,24,26,28,30). The van der Waals surface area contributed by atoms with Gasteiger partial charge in [-0.05, 0) is 89.6 Å². The highest BCUT2D eigenvalue weighted by Crippen LogP contribution is 2.13. The molecule has 0 aliphatic heterocycles. The van der Waals surface area contributed by atoms with Gasteiger partial charge in [0.25, 0.3) is 11.8 Å². The van der Waals surface area contributed by atoms with Crippen molar-refractivity contribution in [1.82, 2.24) is 16.2 Å². The lowest BCUT2D eigenvalue weighted by Gasteiger charge is -2.12. The number of nitrogens with one attached hydrogen (secondary N) is 4. The summed E-state index contributed by atoms with van der Waals surface area (Å²) in [6.07, 6.45) is 0.428. The topological polar surface area (TPSA) is 99.3 Å². The molecule has 0 fully saturated rings. The van der Waals surface area contributed by atoms with E-state index in [-0.39, 0.29) is 22.8 Å². The van der Waals surface area contributed by atoms with Gasteiger partial charge in [0.15, 0.2) is 5.11 Å². The molecule has 0 heterocycles. The van der Waals surface area contributed by atoms with Gasteiger partial charge < -0.3 is 5.32 Å². The lowest BCUT2D eigenvalue weighted by atomic mass is 10.1. The van der Waals surface area contributed by atoms with E-state index >= 15 is 0 Å². The summed E-state index contributed by atoms with van der Waals surface area (Å²) in [5.74, 6) is -0.619. The fourth-order valence-corrected chi connectivity index (χ4v) is 3.07. The number of hydrazine groups is 1. The van der Waals surface area contributed by atoms with Crippen LogP contribution >= 0.6 is 34.8 Å². The molecule has 0 aliphatic carbocycles. The van der Waals surface area contributed by atoms with Gasteiger partial charge in [0.05, 0.1) is 0 Å². The first-order valence-electron chi connectivity index (χ1n) is 9.23. The lowest BCUT2D eigenvalue weighted by Crippen LogP contribution is -2.48. The average molecular weight is 538 g/mol. The molecule has 0 bridgehead atoms. The Bertz CT molecular complexity index is 961. The summed E-state index contributed by atoms with van der Waals surface area (Å²) < 4.78 is 0.969. The molecule has 9 heteroatoms. The summed E-state index contributed by atoms with van der Waals surface area (Å²) in [5, 5.41) is 5.26. The lowest BCUT2D eigenvalue weighted by molar-refractivity contribution is -0.116. The second-order valence-corrected chi connectivity index (χ2v) is 8.62. The monoisotopic (exact) mass is 538 g/mol. The van der Waals surface area contributed by atoms with Gasteiger partial charge >= 0.3 is 0 Å². The van der Waals surface area contributed by atoms with Crippen LogP contribution in [0, 0.1) is 16.4 Å². The van der Waals surface area contributed by atoms with E-state index in [9.17, 15) is 14.4 Å². The summed E-state index contributed by atoms with van der Waals surface area (Å²) in [5.41, 5.74) is 7.45. The van der Waals surface area contributed by atoms with Crippen molar-refractivity contribution in [3.8, 4) is 0 Å². The van der Waals surface area contributed by atoms with E-state index in [2.05, 4.69) is 44.1 Å². The van der Waals surface area contributed by atoms with E-state index in [1.165, 1.54) is 0 Å². The SMILES string of the molecule is Cc1ccc(C(=O)NC(=S)NNC(=O)c2ccc(NC(=O)CC(C)C)cc2)cc1I. The molecule has 2 aromatic rings. The second-order valence-electron chi connectivity index (χ2n) is 7.05. The molecule has 3 amide bonds. The second kappa shape index (κ2) is 11.0. The van der Waals surface area contributed by atoms with Gasteiger partial charge in [-0.15, -0.1) is 0 Å². The number of carbonyl (C=O) groups is 3. The van der Waals surface area contributed by atoms with Crippen LogP contribution in [0.25, 0.3) is 0 Å². The Balaban J connectivity index is 1.84. The van der Waals surface area contributed by atoms with Gasteiger partial charge in [0, 0.05) is 26.8 Å². The summed E-state index contributed by atoms with van der Waals surface area (Å²) in [6.45, 7) is 5.89. The van der Waals surface area contributed by atoms with E-state index in [0.717, 1.165) is 9.13 Å². The molecule has 2 aromatic carbocycles. The van der Waals surface area contributed by atoms with E-state index in [1.807, 2.05) is 26.8 Å². The van der Waals surface area contributed by atoms with Crippen molar-refractivity contribution in [3.63, 3.8) is 0 Å². The van der Waals surface area contributed by atoms with E-state index in [4.69, 9.17) is 12.2 Å². The minimum atomic E-state index is -0.434. The quantitative estimate of drug-likeness (QED) is 0.265. The highest BCUT2D eigenvalue weighted by Gasteiger charge is 2.11. The Morgan fingerprint density at radius 2 is 1.60 bits per heavy atom. The smallest absolute Gasteiger partial charge is 0.269 e. The maximum Gasteiger partial charge on any atom is 0.269 e. The van der Waals surface area contributed by atoms with Crippen molar-refractivity contribution in [3.05, 3.63) is 62.7 Å². The Labute approximate surface area is 194 Å². The molecule has 0 atom stereocenters. The van der Waals surface area contributed by atoms with Crippen molar-refractivity contribution in [2.24, 2.45) is 5.92 Å². The molecule has 158 valence electrons. The minimum Gasteiger partial charge on any atom is -0.326 e. The molecule has 0 spiro atoms. The molecule has 30 heavy (non-hydrogen) atoms.